The van der Waals surface area contributed by atoms with Crippen LogP contribution in [0.5, 0.6) is 5.88 Å². The first-order chi connectivity index (χ1) is 8.77. The van der Waals surface area contributed by atoms with Gasteiger partial charge in [-0.3, -0.25) is 0 Å². The Labute approximate surface area is 107 Å². The molecular formula is C13H19NO4. The Morgan fingerprint density at radius 3 is 2.72 bits per heavy atom. The van der Waals surface area contributed by atoms with E-state index in [0.29, 0.717) is 31.1 Å². The molecule has 18 heavy (non-hydrogen) atoms. The third-order valence-electron chi connectivity index (χ3n) is 3.20. The molecule has 1 aliphatic heterocycles. The number of pyridine rings is 1. The minimum Gasteiger partial charge on any atom is -0.481 e. The van der Waals surface area contributed by atoms with E-state index in [1.807, 2.05) is 13.0 Å². The van der Waals surface area contributed by atoms with E-state index in [0.717, 1.165) is 12.0 Å². The van der Waals surface area contributed by atoms with Crippen LogP contribution in [-0.4, -0.2) is 30.4 Å². The maximum atomic E-state index is 9.54. The van der Waals surface area contributed by atoms with Crippen molar-refractivity contribution in [1.29, 1.82) is 0 Å². The third-order valence-corrected chi connectivity index (χ3v) is 3.20. The van der Waals surface area contributed by atoms with E-state index in [-0.39, 0.29) is 6.61 Å². The van der Waals surface area contributed by atoms with Gasteiger partial charge in [0.2, 0.25) is 5.88 Å². The summed E-state index contributed by atoms with van der Waals surface area (Å²) in [6.45, 7) is 3.16. The lowest BCUT2D eigenvalue weighted by Crippen LogP contribution is -2.38. The summed E-state index contributed by atoms with van der Waals surface area (Å²) < 4.78 is 16.8. The highest BCUT2D eigenvalue weighted by molar-refractivity contribution is 5.37. The molecule has 0 saturated carbocycles. The second kappa shape index (κ2) is 5.65. The molecule has 2 heterocycles. The zero-order chi connectivity index (χ0) is 13.0. The summed E-state index contributed by atoms with van der Waals surface area (Å²) in [4.78, 5) is 4.10. The molecule has 5 nitrogen and oxygen atoms in total. The van der Waals surface area contributed by atoms with Gasteiger partial charge in [0.15, 0.2) is 5.79 Å². The number of hydrogen-bond donors (Lipinski definition) is 1. The number of aliphatic hydroxyl groups is 1. The van der Waals surface area contributed by atoms with Crippen LogP contribution >= 0.6 is 0 Å². The van der Waals surface area contributed by atoms with Crippen molar-refractivity contribution in [3.63, 3.8) is 0 Å². The van der Waals surface area contributed by atoms with Crippen LogP contribution in [0.15, 0.2) is 12.3 Å². The Morgan fingerprint density at radius 2 is 2.17 bits per heavy atom. The summed E-state index contributed by atoms with van der Waals surface area (Å²) in [6, 6.07) is 1.82. The molecule has 0 bridgehead atoms. The van der Waals surface area contributed by atoms with Gasteiger partial charge >= 0.3 is 0 Å². The molecule has 0 radical (unpaired) electrons. The third kappa shape index (κ3) is 2.21. The van der Waals surface area contributed by atoms with E-state index < -0.39 is 5.79 Å². The van der Waals surface area contributed by atoms with Gasteiger partial charge in [-0.1, -0.05) is 6.92 Å². The molecule has 0 aromatic carbocycles. The maximum absolute atomic E-state index is 9.54. The molecule has 1 fully saturated rings. The standard InChI is InChI=1S/C13H19NO4/c1-3-13(17-7-4-8-18-13)11-5-6-14-12(16-2)10(11)9-15/h5-6,15H,3-4,7-9H2,1-2H3. The van der Waals surface area contributed by atoms with Gasteiger partial charge in [-0.25, -0.2) is 4.98 Å². The zero-order valence-corrected chi connectivity index (χ0v) is 10.8. The van der Waals surface area contributed by atoms with Crippen LogP contribution in [0.4, 0.5) is 0 Å². The van der Waals surface area contributed by atoms with E-state index in [1.54, 1.807) is 6.20 Å². The quantitative estimate of drug-likeness (QED) is 0.882. The Hall–Kier alpha value is -1.17. The Bertz CT molecular complexity index is 402. The first-order valence-electron chi connectivity index (χ1n) is 6.18. The summed E-state index contributed by atoms with van der Waals surface area (Å²) in [5.41, 5.74) is 1.43. The molecule has 2 rings (SSSR count). The largest absolute Gasteiger partial charge is 0.481 e. The lowest BCUT2D eigenvalue weighted by atomic mass is 9.98. The van der Waals surface area contributed by atoms with E-state index in [9.17, 15) is 5.11 Å². The summed E-state index contributed by atoms with van der Waals surface area (Å²) in [7, 11) is 1.53. The number of rotatable bonds is 4. The molecule has 1 aromatic heterocycles. The average molecular weight is 253 g/mol. The van der Waals surface area contributed by atoms with Crippen LogP contribution in [0.25, 0.3) is 0 Å². The molecular weight excluding hydrogens is 234 g/mol. The normalized spacial score (nSPS) is 18.6. The molecule has 0 aliphatic carbocycles. The van der Waals surface area contributed by atoms with E-state index in [1.165, 1.54) is 7.11 Å². The van der Waals surface area contributed by atoms with E-state index >= 15 is 0 Å². The van der Waals surface area contributed by atoms with Crippen molar-refractivity contribution < 1.29 is 19.3 Å². The van der Waals surface area contributed by atoms with Gasteiger partial charge in [0.1, 0.15) is 0 Å². The fourth-order valence-electron chi connectivity index (χ4n) is 2.28. The monoisotopic (exact) mass is 253 g/mol. The minimum atomic E-state index is -0.785. The van der Waals surface area contributed by atoms with Crippen LogP contribution in [0, 0.1) is 0 Å². The van der Waals surface area contributed by atoms with Crippen molar-refractivity contribution >= 4 is 0 Å². The van der Waals surface area contributed by atoms with Crippen molar-refractivity contribution in [3.05, 3.63) is 23.4 Å². The van der Waals surface area contributed by atoms with Crippen LogP contribution in [-0.2, 0) is 21.9 Å². The number of aromatic nitrogens is 1. The summed E-state index contributed by atoms with van der Waals surface area (Å²) in [6.07, 6.45) is 3.21. The van der Waals surface area contributed by atoms with Gasteiger partial charge < -0.3 is 19.3 Å². The summed E-state index contributed by atoms with van der Waals surface area (Å²) >= 11 is 0. The molecule has 0 unspecified atom stereocenters. The SMILES string of the molecule is CCC1(c2ccnc(OC)c2CO)OCCCO1. The van der Waals surface area contributed by atoms with Crippen LogP contribution in [0.1, 0.15) is 30.9 Å². The second-order valence-electron chi connectivity index (χ2n) is 4.16. The van der Waals surface area contributed by atoms with Crippen molar-refractivity contribution in [3.8, 4) is 5.88 Å². The lowest BCUT2D eigenvalue weighted by Gasteiger charge is -2.37. The molecule has 5 heteroatoms. The first kappa shape index (κ1) is 13.3. The molecule has 0 atom stereocenters. The number of aliphatic hydroxyl groups excluding tert-OH is 1. The van der Waals surface area contributed by atoms with Crippen molar-refractivity contribution in [2.24, 2.45) is 0 Å². The fourth-order valence-corrected chi connectivity index (χ4v) is 2.28. The van der Waals surface area contributed by atoms with Crippen molar-refractivity contribution in [2.45, 2.75) is 32.2 Å². The summed E-state index contributed by atoms with van der Waals surface area (Å²) in [5.74, 6) is -0.368. The smallest absolute Gasteiger partial charge is 0.219 e. The number of methoxy groups -OCH3 is 1. The predicted molar refractivity (Wildman–Crippen MR) is 65.2 cm³/mol. The molecule has 1 aromatic rings. The average Bonchev–Trinajstić information content (AvgIpc) is 2.47. The van der Waals surface area contributed by atoms with E-state index in [2.05, 4.69) is 4.98 Å². The van der Waals surface area contributed by atoms with Gasteiger partial charge in [-0.2, -0.15) is 0 Å². The molecule has 1 saturated heterocycles. The highest BCUT2D eigenvalue weighted by atomic mass is 16.7. The van der Waals surface area contributed by atoms with Gasteiger partial charge in [0.25, 0.3) is 0 Å². The van der Waals surface area contributed by atoms with Gasteiger partial charge in [0.05, 0.1) is 26.9 Å². The fraction of sp³-hybridized carbons (Fsp3) is 0.615. The topological polar surface area (TPSA) is 60.8 Å². The molecule has 0 spiro atoms. The highest BCUT2D eigenvalue weighted by Crippen LogP contribution is 2.38. The summed E-state index contributed by atoms with van der Waals surface area (Å²) in [5, 5.41) is 9.54. The van der Waals surface area contributed by atoms with E-state index in [4.69, 9.17) is 14.2 Å². The highest BCUT2D eigenvalue weighted by Gasteiger charge is 2.37. The molecule has 1 N–H and O–H groups in total. The predicted octanol–water partition coefficient (Wildman–Crippen LogP) is 1.58. The second-order valence-corrected chi connectivity index (χ2v) is 4.16. The Balaban J connectivity index is 2.47. The lowest BCUT2D eigenvalue weighted by molar-refractivity contribution is -0.278. The van der Waals surface area contributed by atoms with Gasteiger partial charge in [0, 0.05) is 23.7 Å². The van der Waals surface area contributed by atoms with Crippen molar-refractivity contribution in [2.75, 3.05) is 20.3 Å². The van der Waals surface area contributed by atoms with Crippen LogP contribution < -0.4 is 4.74 Å². The zero-order valence-electron chi connectivity index (χ0n) is 10.8. The maximum Gasteiger partial charge on any atom is 0.219 e. The van der Waals surface area contributed by atoms with Crippen LogP contribution in [0.2, 0.25) is 0 Å². The van der Waals surface area contributed by atoms with Crippen LogP contribution in [0.3, 0.4) is 0 Å². The molecule has 0 amide bonds. The number of ether oxygens (including phenoxy) is 3. The number of hydrogen-bond acceptors (Lipinski definition) is 5. The number of nitrogens with zero attached hydrogens (tertiary/aromatic N) is 1. The van der Waals surface area contributed by atoms with Crippen molar-refractivity contribution in [1.82, 2.24) is 4.98 Å². The Morgan fingerprint density at radius 1 is 1.44 bits per heavy atom. The van der Waals surface area contributed by atoms with Gasteiger partial charge in [-0.15, -0.1) is 0 Å². The molecule has 100 valence electrons. The minimum absolute atomic E-state index is 0.152. The Kier molecular flexibility index (Phi) is 4.16. The molecule has 1 aliphatic rings. The van der Waals surface area contributed by atoms with Gasteiger partial charge in [-0.05, 0) is 12.5 Å². The first-order valence-corrected chi connectivity index (χ1v) is 6.18.